The first-order valence-electron chi connectivity index (χ1n) is 6.93. The van der Waals surface area contributed by atoms with E-state index in [1.54, 1.807) is 6.20 Å². The van der Waals surface area contributed by atoms with Crippen molar-refractivity contribution in [2.75, 3.05) is 18.5 Å². The molecule has 7 heteroatoms. The van der Waals surface area contributed by atoms with Gasteiger partial charge in [0, 0.05) is 25.4 Å². The third-order valence-electron chi connectivity index (χ3n) is 2.62. The van der Waals surface area contributed by atoms with Gasteiger partial charge in [-0.25, -0.2) is 4.98 Å². The minimum absolute atomic E-state index is 0.337. The van der Waals surface area contributed by atoms with Gasteiger partial charge in [0.1, 0.15) is 5.82 Å². The SMILES string of the molecule is CCCOc1nc(NCC)nc(-n2ccnc2CC)n1. The summed E-state index contributed by atoms with van der Waals surface area (Å²) < 4.78 is 7.37. The Morgan fingerprint density at radius 1 is 1.20 bits per heavy atom. The Kier molecular flexibility index (Phi) is 4.86. The molecule has 2 heterocycles. The van der Waals surface area contributed by atoms with Crippen LogP contribution in [0.5, 0.6) is 6.01 Å². The Balaban J connectivity index is 2.38. The summed E-state index contributed by atoms with van der Waals surface area (Å²) in [6.07, 6.45) is 5.29. The summed E-state index contributed by atoms with van der Waals surface area (Å²) in [6, 6.07) is 0.337. The Hall–Kier alpha value is -2.18. The van der Waals surface area contributed by atoms with E-state index in [2.05, 4.69) is 25.3 Å². The molecular weight excluding hydrogens is 256 g/mol. The van der Waals surface area contributed by atoms with E-state index < -0.39 is 0 Å². The molecule has 2 rings (SSSR count). The second-order valence-electron chi connectivity index (χ2n) is 4.19. The Bertz CT molecular complexity index is 554. The van der Waals surface area contributed by atoms with E-state index in [0.717, 1.165) is 25.2 Å². The van der Waals surface area contributed by atoms with E-state index in [-0.39, 0.29) is 0 Å². The molecule has 0 aromatic carbocycles. The topological polar surface area (TPSA) is 77.8 Å². The van der Waals surface area contributed by atoms with Crippen LogP contribution in [0.3, 0.4) is 0 Å². The molecule has 0 bridgehead atoms. The molecule has 108 valence electrons. The number of hydrogen-bond donors (Lipinski definition) is 1. The standard InChI is InChI=1S/C13H20N6O/c1-4-9-20-13-17-11(14-6-3)16-12(18-13)19-8-7-15-10(19)5-2/h7-8H,4-6,9H2,1-3H3,(H,14,16,17,18). The number of nitrogens with one attached hydrogen (secondary N) is 1. The van der Waals surface area contributed by atoms with Crippen LogP contribution in [0, 0.1) is 0 Å². The van der Waals surface area contributed by atoms with Crippen LogP contribution in [0.15, 0.2) is 12.4 Å². The van der Waals surface area contributed by atoms with Gasteiger partial charge in [-0.1, -0.05) is 13.8 Å². The van der Waals surface area contributed by atoms with Gasteiger partial charge in [-0.15, -0.1) is 0 Å². The molecule has 0 amide bonds. The third-order valence-corrected chi connectivity index (χ3v) is 2.62. The van der Waals surface area contributed by atoms with Crippen molar-refractivity contribution >= 4 is 5.95 Å². The maximum atomic E-state index is 5.52. The smallest absolute Gasteiger partial charge is 0.323 e. The molecule has 7 nitrogen and oxygen atoms in total. The third kappa shape index (κ3) is 3.23. The van der Waals surface area contributed by atoms with E-state index in [4.69, 9.17) is 4.74 Å². The van der Waals surface area contributed by atoms with Crippen molar-refractivity contribution in [2.24, 2.45) is 0 Å². The highest BCUT2D eigenvalue weighted by Crippen LogP contribution is 2.13. The fraction of sp³-hybridized carbons (Fsp3) is 0.538. The number of aromatic nitrogens is 5. The van der Waals surface area contributed by atoms with Crippen molar-refractivity contribution in [2.45, 2.75) is 33.6 Å². The number of aryl methyl sites for hydroxylation is 1. The predicted octanol–water partition coefficient (Wildman–Crippen LogP) is 1.84. The first-order chi connectivity index (χ1) is 9.78. The fourth-order valence-corrected chi connectivity index (χ4v) is 1.73. The van der Waals surface area contributed by atoms with E-state index >= 15 is 0 Å². The summed E-state index contributed by atoms with van der Waals surface area (Å²) in [7, 11) is 0. The summed E-state index contributed by atoms with van der Waals surface area (Å²) in [4.78, 5) is 17.3. The van der Waals surface area contributed by atoms with Gasteiger partial charge in [0.25, 0.3) is 0 Å². The largest absolute Gasteiger partial charge is 0.463 e. The van der Waals surface area contributed by atoms with Crippen molar-refractivity contribution < 1.29 is 4.74 Å². The molecule has 0 aliphatic carbocycles. The fourth-order valence-electron chi connectivity index (χ4n) is 1.73. The van der Waals surface area contributed by atoms with E-state index in [9.17, 15) is 0 Å². The van der Waals surface area contributed by atoms with Crippen molar-refractivity contribution in [1.29, 1.82) is 0 Å². The highest BCUT2D eigenvalue weighted by molar-refractivity contribution is 5.31. The average molecular weight is 276 g/mol. The molecular formula is C13H20N6O. The zero-order valence-electron chi connectivity index (χ0n) is 12.1. The van der Waals surface area contributed by atoms with Crippen LogP contribution in [0.25, 0.3) is 5.95 Å². The first kappa shape index (κ1) is 14.2. The molecule has 0 aliphatic heterocycles. The van der Waals surface area contributed by atoms with Crippen molar-refractivity contribution in [3.63, 3.8) is 0 Å². The molecule has 0 spiro atoms. The normalized spacial score (nSPS) is 10.6. The Morgan fingerprint density at radius 3 is 2.75 bits per heavy atom. The number of rotatable bonds is 7. The van der Waals surface area contributed by atoms with Gasteiger partial charge in [0.15, 0.2) is 0 Å². The lowest BCUT2D eigenvalue weighted by Gasteiger charge is -2.09. The predicted molar refractivity (Wildman–Crippen MR) is 76.3 cm³/mol. The second-order valence-corrected chi connectivity index (χ2v) is 4.19. The molecule has 0 aliphatic rings. The summed E-state index contributed by atoms with van der Waals surface area (Å²) in [5.74, 6) is 1.94. The maximum Gasteiger partial charge on any atom is 0.323 e. The molecule has 0 radical (unpaired) electrons. The van der Waals surface area contributed by atoms with Crippen LogP contribution < -0.4 is 10.1 Å². The molecule has 0 atom stereocenters. The molecule has 1 N–H and O–H groups in total. The van der Waals surface area contributed by atoms with Gasteiger partial charge in [0.2, 0.25) is 11.9 Å². The summed E-state index contributed by atoms with van der Waals surface area (Å²) in [5, 5.41) is 3.09. The Labute approximate surface area is 118 Å². The number of anilines is 1. The molecule has 0 saturated carbocycles. The van der Waals surface area contributed by atoms with Crippen LogP contribution in [0.1, 0.15) is 33.0 Å². The average Bonchev–Trinajstić information content (AvgIpc) is 2.93. The number of imidazole rings is 1. The molecule has 20 heavy (non-hydrogen) atoms. The zero-order chi connectivity index (χ0) is 14.4. The van der Waals surface area contributed by atoms with E-state index in [1.165, 1.54) is 0 Å². The minimum atomic E-state index is 0.337. The van der Waals surface area contributed by atoms with E-state index in [0.29, 0.717) is 24.5 Å². The van der Waals surface area contributed by atoms with E-state index in [1.807, 2.05) is 31.5 Å². The molecule has 2 aromatic rings. The number of hydrogen-bond acceptors (Lipinski definition) is 6. The lowest BCUT2D eigenvalue weighted by Crippen LogP contribution is -2.12. The van der Waals surface area contributed by atoms with Gasteiger partial charge >= 0.3 is 6.01 Å². The lowest BCUT2D eigenvalue weighted by atomic mass is 10.4. The molecule has 0 fully saturated rings. The van der Waals surface area contributed by atoms with Crippen molar-refractivity contribution in [3.05, 3.63) is 18.2 Å². The van der Waals surface area contributed by atoms with Crippen LogP contribution in [0.4, 0.5) is 5.95 Å². The first-order valence-corrected chi connectivity index (χ1v) is 6.93. The van der Waals surface area contributed by atoms with Crippen LogP contribution in [0.2, 0.25) is 0 Å². The van der Waals surface area contributed by atoms with Crippen molar-refractivity contribution in [1.82, 2.24) is 24.5 Å². The zero-order valence-corrected chi connectivity index (χ0v) is 12.1. The maximum absolute atomic E-state index is 5.52. The number of ether oxygens (including phenoxy) is 1. The monoisotopic (exact) mass is 276 g/mol. The summed E-state index contributed by atoms with van der Waals surface area (Å²) in [6.45, 7) is 7.39. The lowest BCUT2D eigenvalue weighted by molar-refractivity contribution is 0.291. The van der Waals surface area contributed by atoms with Crippen LogP contribution in [-0.4, -0.2) is 37.7 Å². The van der Waals surface area contributed by atoms with Gasteiger partial charge in [-0.3, -0.25) is 4.57 Å². The van der Waals surface area contributed by atoms with Gasteiger partial charge in [-0.05, 0) is 13.3 Å². The summed E-state index contributed by atoms with van der Waals surface area (Å²) in [5.41, 5.74) is 0. The molecule has 2 aromatic heterocycles. The van der Waals surface area contributed by atoms with Crippen LogP contribution in [-0.2, 0) is 6.42 Å². The highest BCUT2D eigenvalue weighted by atomic mass is 16.5. The van der Waals surface area contributed by atoms with Gasteiger partial charge in [0.05, 0.1) is 6.61 Å². The second kappa shape index (κ2) is 6.83. The van der Waals surface area contributed by atoms with Crippen LogP contribution >= 0.6 is 0 Å². The number of nitrogens with zero attached hydrogens (tertiary/aromatic N) is 5. The van der Waals surface area contributed by atoms with Gasteiger partial charge in [-0.2, -0.15) is 15.0 Å². The van der Waals surface area contributed by atoms with Crippen molar-refractivity contribution in [3.8, 4) is 12.0 Å². The summed E-state index contributed by atoms with van der Waals surface area (Å²) >= 11 is 0. The molecule has 0 unspecified atom stereocenters. The minimum Gasteiger partial charge on any atom is -0.463 e. The molecule has 0 saturated heterocycles. The quantitative estimate of drug-likeness (QED) is 0.831. The highest BCUT2D eigenvalue weighted by Gasteiger charge is 2.11. The van der Waals surface area contributed by atoms with Gasteiger partial charge < -0.3 is 10.1 Å². The Morgan fingerprint density at radius 2 is 2.05 bits per heavy atom.